The van der Waals surface area contributed by atoms with Gasteiger partial charge in [-0.3, -0.25) is 9.59 Å². The summed E-state index contributed by atoms with van der Waals surface area (Å²) in [6, 6.07) is 21.0. The lowest BCUT2D eigenvalue weighted by Gasteiger charge is -2.20. The van der Waals surface area contributed by atoms with E-state index in [9.17, 15) is 14.0 Å². The molecular formula is C22H20FN3O2. The van der Waals surface area contributed by atoms with Crippen LogP contribution in [-0.2, 0) is 4.79 Å². The lowest BCUT2D eigenvalue weighted by Crippen LogP contribution is -2.27. The minimum Gasteiger partial charge on any atom is -0.370 e. The maximum Gasteiger partial charge on any atom is 0.251 e. The van der Waals surface area contributed by atoms with Gasteiger partial charge in [0.05, 0.1) is 0 Å². The fraction of sp³-hybridized carbons (Fsp3) is 0.0909. The largest absolute Gasteiger partial charge is 0.370 e. The van der Waals surface area contributed by atoms with E-state index >= 15 is 0 Å². The van der Waals surface area contributed by atoms with Crippen LogP contribution in [0.5, 0.6) is 0 Å². The summed E-state index contributed by atoms with van der Waals surface area (Å²) in [5.41, 5.74) is 2.36. The molecule has 0 aliphatic rings. The zero-order chi connectivity index (χ0) is 19.9. The maximum absolute atomic E-state index is 13.1. The highest BCUT2D eigenvalue weighted by atomic mass is 19.1. The lowest BCUT2D eigenvalue weighted by atomic mass is 10.0. The molecule has 3 aromatic carbocycles. The van der Waals surface area contributed by atoms with E-state index < -0.39 is 6.04 Å². The van der Waals surface area contributed by atoms with Crippen molar-refractivity contribution in [3.05, 3.63) is 95.8 Å². The van der Waals surface area contributed by atoms with Crippen LogP contribution in [0.2, 0.25) is 0 Å². The minimum atomic E-state index is -0.703. The van der Waals surface area contributed by atoms with Crippen molar-refractivity contribution < 1.29 is 14.0 Å². The summed E-state index contributed by atoms with van der Waals surface area (Å²) in [6.45, 7) is 0. The number of carbonyl (C=O) groups is 2. The third-order valence-corrected chi connectivity index (χ3v) is 4.17. The van der Waals surface area contributed by atoms with E-state index in [2.05, 4.69) is 16.0 Å². The first-order valence-corrected chi connectivity index (χ1v) is 8.77. The molecular weight excluding hydrogens is 357 g/mol. The van der Waals surface area contributed by atoms with Gasteiger partial charge in [-0.15, -0.1) is 0 Å². The van der Waals surface area contributed by atoms with Crippen molar-refractivity contribution in [3.8, 4) is 0 Å². The van der Waals surface area contributed by atoms with Gasteiger partial charge in [-0.2, -0.15) is 0 Å². The van der Waals surface area contributed by atoms with Gasteiger partial charge in [0.25, 0.3) is 11.8 Å². The van der Waals surface area contributed by atoms with E-state index in [1.54, 1.807) is 31.3 Å². The Morgan fingerprint density at radius 3 is 2.25 bits per heavy atom. The number of amides is 2. The molecule has 0 spiro atoms. The monoisotopic (exact) mass is 377 g/mol. The predicted molar refractivity (Wildman–Crippen MR) is 108 cm³/mol. The molecule has 2 amide bonds. The van der Waals surface area contributed by atoms with Gasteiger partial charge in [-0.1, -0.05) is 36.4 Å². The van der Waals surface area contributed by atoms with Crippen molar-refractivity contribution in [1.82, 2.24) is 5.32 Å². The Morgan fingerprint density at radius 2 is 1.57 bits per heavy atom. The third-order valence-electron chi connectivity index (χ3n) is 4.17. The Bertz CT molecular complexity index is 959. The highest BCUT2D eigenvalue weighted by Gasteiger charge is 2.21. The van der Waals surface area contributed by atoms with Crippen LogP contribution in [0.1, 0.15) is 22.0 Å². The predicted octanol–water partition coefficient (Wildman–Crippen LogP) is 3.98. The van der Waals surface area contributed by atoms with E-state index in [1.165, 1.54) is 24.3 Å². The molecule has 3 aromatic rings. The topological polar surface area (TPSA) is 70.2 Å². The van der Waals surface area contributed by atoms with Crippen LogP contribution in [0.15, 0.2) is 78.9 Å². The Balaban J connectivity index is 1.86. The van der Waals surface area contributed by atoms with Crippen LogP contribution in [-0.4, -0.2) is 18.9 Å². The summed E-state index contributed by atoms with van der Waals surface area (Å²) >= 11 is 0. The highest BCUT2D eigenvalue weighted by Crippen LogP contribution is 2.22. The third kappa shape index (κ3) is 4.73. The van der Waals surface area contributed by atoms with Gasteiger partial charge in [0.15, 0.2) is 0 Å². The second kappa shape index (κ2) is 8.81. The van der Waals surface area contributed by atoms with Crippen LogP contribution < -0.4 is 16.0 Å². The summed E-state index contributed by atoms with van der Waals surface area (Å²) in [4.78, 5) is 24.8. The lowest BCUT2D eigenvalue weighted by molar-refractivity contribution is -0.117. The van der Waals surface area contributed by atoms with Crippen LogP contribution in [0.4, 0.5) is 15.8 Å². The van der Waals surface area contributed by atoms with Gasteiger partial charge in [0, 0.05) is 24.0 Å². The second-order valence-electron chi connectivity index (χ2n) is 6.14. The van der Waals surface area contributed by atoms with E-state index in [0.29, 0.717) is 16.9 Å². The van der Waals surface area contributed by atoms with Crippen molar-refractivity contribution in [3.63, 3.8) is 0 Å². The molecule has 0 saturated heterocycles. The van der Waals surface area contributed by atoms with Crippen LogP contribution in [0, 0.1) is 5.82 Å². The molecule has 5 nitrogen and oxygen atoms in total. The smallest absolute Gasteiger partial charge is 0.251 e. The summed E-state index contributed by atoms with van der Waals surface area (Å²) in [5, 5.41) is 8.55. The summed E-state index contributed by atoms with van der Waals surface area (Å²) in [7, 11) is 1.56. The fourth-order valence-electron chi connectivity index (χ4n) is 2.75. The molecule has 0 aliphatic heterocycles. The minimum absolute atomic E-state index is 0.212. The molecule has 6 heteroatoms. The Labute approximate surface area is 162 Å². The zero-order valence-electron chi connectivity index (χ0n) is 15.3. The van der Waals surface area contributed by atoms with Gasteiger partial charge in [-0.05, 0) is 48.0 Å². The van der Waals surface area contributed by atoms with Gasteiger partial charge in [0.2, 0.25) is 0 Å². The molecule has 0 unspecified atom stereocenters. The number of hydrogen-bond donors (Lipinski definition) is 3. The molecule has 0 saturated carbocycles. The first-order valence-electron chi connectivity index (χ1n) is 8.77. The average Bonchev–Trinajstić information content (AvgIpc) is 2.74. The van der Waals surface area contributed by atoms with Gasteiger partial charge < -0.3 is 16.0 Å². The van der Waals surface area contributed by atoms with Crippen molar-refractivity contribution in [2.75, 3.05) is 17.7 Å². The van der Waals surface area contributed by atoms with Crippen LogP contribution in [0.25, 0.3) is 0 Å². The molecule has 0 bridgehead atoms. The summed E-state index contributed by atoms with van der Waals surface area (Å²) in [6.07, 6.45) is 0. The Kier molecular flexibility index (Phi) is 6.01. The number of anilines is 2. The maximum atomic E-state index is 13.1. The molecule has 0 heterocycles. The molecule has 1 atom stereocenters. The van der Waals surface area contributed by atoms with E-state index in [0.717, 1.165) is 5.56 Å². The average molecular weight is 377 g/mol. The fourth-order valence-corrected chi connectivity index (χ4v) is 2.75. The number of carbonyl (C=O) groups excluding carboxylic acids is 2. The van der Waals surface area contributed by atoms with Crippen LogP contribution in [0.3, 0.4) is 0 Å². The standard InChI is InChI=1S/C22H20FN3O2/c1-24-21(27)16-8-5-9-19(14-16)25-20(15-6-3-2-4-7-15)22(28)26-18-12-10-17(23)11-13-18/h2-14,20,25H,1H3,(H,24,27)(H,26,28)/t20-/m1/s1. The van der Waals surface area contributed by atoms with E-state index in [4.69, 9.17) is 0 Å². The van der Waals surface area contributed by atoms with Gasteiger partial charge in [-0.25, -0.2) is 4.39 Å². The molecule has 3 N–H and O–H groups in total. The molecule has 0 aliphatic carbocycles. The quantitative estimate of drug-likeness (QED) is 0.609. The van der Waals surface area contributed by atoms with Crippen LogP contribution >= 0.6 is 0 Å². The Morgan fingerprint density at radius 1 is 0.857 bits per heavy atom. The summed E-state index contributed by atoms with van der Waals surface area (Å²) < 4.78 is 13.1. The molecule has 0 aromatic heterocycles. The zero-order valence-corrected chi connectivity index (χ0v) is 15.3. The van der Waals surface area contributed by atoms with Crippen molar-refractivity contribution in [1.29, 1.82) is 0 Å². The van der Waals surface area contributed by atoms with Crippen molar-refractivity contribution >= 4 is 23.2 Å². The molecule has 28 heavy (non-hydrogen) atoms. The first kappa shape index (κ1) is 19.1. The molecule has 3 rings (SSSR count). The first-order chi connectivity index (χ1) is 13.6. The number of rotatable bonds is 6. The van der Waals surface area contributed by atoms with E-state index in [1.807, 2.05) is 30.3 Å². The van der Waals surface area contributed by atoms with Crippen molar-refractivity contribution in [2.45, 2.75) is 6.04 Å². The van der Waals surface area contributed by atoms with E-state index in [-0.39, 0.29) is 17.6 Å². The van der Waals surface area contributed by atoms with Gasteiger partial charge >= 0.3 is 0 Å². The molecule has 142 valence electrons. The summed E-state index contributed by atoms with van der Waals surface area (Å²) in [5.74, 6) is -0.888. The number of benzene rings is 3. The van der Waals surface area contributed by atoms with Gasteiger partial charge in [0.1, 0.15) is 11.9 Å². The second-order valence-corrected chi connectivity index (χ2v) is 6.14. The number of hydrogen-bond acceptors (Lipinski definition) is 3. The Hall–Kier alpha value is -3.67. The number of halogens is 1. The molecule has 0 radical (unpaired) electrons. The molecule has 0 fully saturated rings. The highest BCUT2D eigenvalue weighted by molar-refractivity contribution is 5.98. The SMILES string of the molecule is CNC(=O)c1cccc(N[C@@H](C(=O)Nc2ccc(F)cc2)c2ccccc2)c1. The van der Waals surface area contributed by atoms with Crippen molar-refractivity contribution in [2.24, 2.45) is 0 Å². The number of nitrogens with one attached hydrogen (secondary N) is 3. The normalized spacial score (nSPS) is 11.4.